The second-order valence-electron chi connectivity index (χ2n) is 7.48. The molecule has 0 aliphatic carbocycles. The molecule has 0 N–H and O–H groups in total. The lowest BCUT2D eigenvalue weighted by Crippen LogP contribution is -2.53. The fourth-order valence-electron chi connectivity index (χ4n) is 4.70. The van der Waals surface area contributed by atoms with Gasteiger partial charge in [0.2, 0.25) is 0 Å². The number of likely N-dealkylation sites (tertiary alicyclic amines) is 1. The van der Waals surface area contributed by atoms with Crippen molar-refractivity contribution >= 4 is 11.6 Å². The third-order valence-corrected chi connectivity index (χ3v) is 5.89. The lowest BCUT2D eigenvalue weighted by molar-refractivity contribution is 0.0776. The third-order valence-electron chi connectivity index (χ3n) is 5.89. The molecule has 142 valence electrons. The fourth-order valence-corrected chi connectivity index (χ4v) is 4.70. The largest absolute Gasteiger partial charge is 0.355 e. The molecule has 6 nitrogen and oxygen atoms in total. The van der Waals surface area contributed by atoms with E-state index in [-0.39, 0.29) is 11.4 Å². The molecule has 3 aromatic rings. The van der Waals surface area contributed by atoms with Crippen LogP contribution >= 0.6 is 0 Å². The number of pyridine rings is 2. The minimum atomic E-state index is -0.236. The summed E-state index contributed by atoms with van der Waals surface area (Å²) in [7, 11) is 0. The SMILES string of the molecule is CCCN1c2cccnc2-n2cccc2[C@@]12CCN(C(=O)c1ccccn1)C2. The Kier molecular flexibility index (Phi) is 3.93. The lowest BCUT2D eigenvalue weighted by atomic mass is 9.88. The van der Waals surface area contributed by atoms with E-state index in [1.54, 1.807) is 12.3 Å². The van der Waals surface area contributed by atoms with E-state index < -0.39 is 0 Å². The summed E-state index contributed by atoms with van der Waals surface area (Å²) in [6, 6.07) is 13.9. The molecule has 5 rings (SSSR count). The van der Waals surface area contributed by atoms with E-state index in [4.69, 9.17) is 0 Å². The average molecular weight is 373 g/mol. The van der Waals surface area contributed by atoms with Crippen molar-refractivity contribution in [3.8, 4) is 5.82 Å². The van der Waals surface area contributed by atoms with Crippen LogP contribution in [0.1, 0.15) is 35.9 Å². The molecule has 0 aromatic carbocycles. The van der Waals surface area contributed by atoms with Gasteiger partial charge in [0.05, 0.1) is 11.4 Å². The molecule has 2 aliphatic heterocycles. The van der Waals surface area contributed by atoms with E-state index >= 15 is 0 Å². The highest BCUT2D eigenvalue weighted by atomic mass is 16.2. The van der Waals surface area contributed by atoms with E-state index in [1.165, 1.54) is 5.69 Å². The summed E-state index contributed by atoms with van der Waals surface area (Å²) in [4.78, 5) is 26.4. The first-order chi connectivity index (χ1) is 13.7. The number of amides is 1. The van der Waals surface area contributed by atoms with Gasteiger partial charge in [-0.15, -0.1) is 0 Å². The second kappa shape index (κ2) is 6.48. The summed E-state index contributed by atoms with van der Waals surface area (Å²) in [5.74, 6) is 0.972. The van der Waals surface area contributed by atoms with Crippen LogP contribution in [0.25, 0.3) is 5.82 Å². The summed E-state index contributed by atoms with van der Waals surface area (Å²) >= 11 is 0. The number of hydrogen-bond acceptors (Lipinski definition) is 4. The van der Waals surface area contributed by atoms with Gasteiger partial charge in [0.15, 0.2) is 5.82 Å². The van der Waals surface area contributed by atoms with Gasteiger partial charge >= 0.3 is 0 Å². The Hall–Kier alpha value is -3.15. The number of carbonyl (C=O) groups is 1. The molecule has 1 fully saturated rings. The number of carbonyl (C=O) groups excluding carboxylic acids is 1. The van der Waals surface area contributed by atoms with Gasteiger partial charge in [-0.05, 0) is 49.2 Å². The predicted octanol–water partition coefficient (Wildman–Crippen LogP) is 3.24. The molecule has 1 spiro atoms. The predicted molar refractivity (Wildman–Crippen MR) is 108 cm³/mol. The molecule has 1 amide bonds. The van der Waals surface area contributed by atoms with Crippen LogP contribution in [0.5, 0.6) is 0 Å². The van der Waals surface area contributed by atoms with E-state index in [1.807, 2.05) is 29.3 Å². The van der Waals surface area contributed by atoms with Gasteiger partial charge in [0.25, 0.3) is 5.91 Å². The highest BCUT2D eigenvalue weighted by molar-refractivity contribution is 5.92. The number of aromatic nitrogens is 3. The van der Waals surface area contributed by atoms with Crippen molar-refractivity contribution in [3.05, 3.63) is 72.4 Å². The van der Waals surface area contributed by atoms with Crippen LogP contribution in [-0.4, -0.2) is 45.0 Å². The van der Waals surface area contributed by atoms with Gasteiger partial charge in [-0.25, -0.2) is 4.98 Å². The van der Waals surface area contributed by atoms with E-state index in [9.17, 15) is 4.79 Å². The first kappa shape index (κ1) is 17.0. The zero-order chi connectivity index (χ0) is 19.1. The Morgan fingerprint density at radius 3 is 2.82 bits per heavy atom. The van der Waals surface area contributed by atoms with Gasteiger partial charge in [-0.2, -0.15) is 0 Å². The van der Waals surface area contributed by atoms with Crippen molar-refractivity contribution in [2.45, 2.75) is 25.3 Å². The van der Waals surface area contributed by atoms with Gasteiger partial charge in [0, 0.05) is 38.2 Å². The van der Waals surface area contributed by atoms with Crippen LogP contribution in [0.15, 0.2) is 61.1 Å². The van der Waals surface area contributed by atoms with Crippen molar-refractivity contribution in [1.82, 2.24) is 19.4 Å². The molecule has 28 heavy (non-hydrogen) atoms. The van der Waals surface area contributed by atoms with Crippen LogP contribution in [-0.2, 0) is 5.54 Å². The number of rotatable bonds is 3. The topological polar surface area (TPSA) is 54.3 Å². The van der Waals surface area contributed by atoms with Crippen molar-refractivity contribution in [2.24, 2.45) is 0 Å². The molecule has 0 unspecified atom stereocenters. The minimum absolute atomic E-state index is 0.00372. The summed E-state index contributed by atoms with van der Waals surface area (Å²) in [5.41, 5.74) is 2.62. The fraction of sp³-hybridized carbons (Fsp3) is 0.318. The molecule has 2 aliphatic rings. The first-order valence-electron chi connectivity index (χ1n) is 9.86. The monoisotopic (exact) mass is 373 g/mol. The van der Waals surface area contributed by atoms with Gasteiger partial charge in [-0.3, -0.25) is 9.78 Å². The van der Waals surface area contributed by atoms with Crippen molar-refractivity contribution in [2.75, 3.05) is 24.5 Å². The highest BCUT2D eigenvalue weighted by Gasteiger charge is 2.50. The van der Waals surface area contributed by atoms with E-state index in [2.05, 4.69) is 50.8 Å². The average Bonchev–Trinajstić information content (AvgIpc) is 3.40. The molecule has 5 heterocycles. The van der Waals surface area contributed by atoms with Gasteiger partial charge in [0.1, 0.15) is 11.2 Å². The Morgan fingerprint density at radius 2 is 2.00 bits per heavy atom. The zero-order valence-corrected chi connectivity index (χ0v) is 16.0. The van der Waals surface area contributed by atoms with Crippen LogP contribution in [0.3, 0.4) is 0 Å². The minimum Gasteiger partial charge on any atom is -0.355 e. The number of anilines is 1. The van der Waals surface area contributed by atoms with Gasteiger partial charge in [-0.1, -0.05) is 13.0 Å². The first-order valence-corrected chi connectivity index (χ1v) is 9.86. The zero-order valence-electron chi connectivity index (χ0n) is 16.0. The van der Waals surface area contributed by atoms with Crippen LogP contribution in [0, 0.1) is 0 Å². The molecular formula is C22H23N5O. The normalized spacial score (nSPS) is 20.3. The Morgan fingerprint density at radius 1 is 1.11 bits per heavy atom. The van der Waals surface area contributed by atoms with Crippen LogP contribution < -0.4 is 4.90 Å². The standard InChI is InChI=1S/C22H23N5O/c1-2-13-27-18-8-5-12-24-20(18)26-14-6-9-19(26)22(27)10-15-25(16-22)21(28)17-7-3-4-11-23-17/h3-9,11-12,14H,2,10,13,15-16H2,1H3/t22-/m0/s1. The van der Waals surface area contributed by atoms with Crippen molar-refractivity contribution < 1.29 is 4.79 Å². The Labute approximate surface area is 164 Å². The Bertz CT molecular complexity index is 1010. The maximum Gasteiger partial charge on any atom is 0.272 e. The molecule has 3 aromatic heterocycles. The molecule has 0 bridgehead atoms. The summed E-state index contributed by atoms with van der Waals surface area (Å²) < 4.78 is 2.19. The molecule has 6 heteroatoms. The van der Waals surface area contributed by atoms with E-state index in [0.717, 1.165) is 37.4 Å². The molecular weight excluding hydrogens is 350 g/mol. The number of hydrogen-bond donors (Lipinski definition) is 0. The maximum atomic E-state index is 13.1. The summed E-state index contributed by atoms with van der Waals surface area (Å²) in [6.07, 6.45) is 7.52. The number of fused-ring (bicyclic) bond motifs is 4. The van der Waals surface area contributed by atoms with Crippen molar-refractivity contribution in [1.29, 1.82) is 0 Å². The molecule has 0 saturated carbocycles. The quantitative estimate of drug-likeness (QED) is 0.707. The molecule has 1 atom stereocenters. The van der Waals surface area contributed by atoms with Crippen molar-refractivity contribution in [3.63, 3.8) is 0 Å². The van der Waals surface area contributed by atoms with Crippen LogP contribution in [0.4, 0.5) is 5.69 Å². The molecule has 0 radical (unpaired) electrons. The number of nitrogens with zero attached hydrogens (tertiary/aromatic N) is 5. The van der Waals surface area contributed by atoms with Gasteiger partial charge < -0.3 is 14.4 Å². The maximum absolute atomic E-state index is 13.1. The smallest absolute Gasteiger partial charge is 0.272 e. The Balaban J connectivity index is 1.58. The third kappa shape index (κ3) is 2.37. The van der Waals surface area contributed by atoms with E-state index in [0.29, 0.717) is 12.2 Å². The lowest BCUT2D eigenvalue weighted by Gasteiger charge is -2.47. The summed E-state index contributed by atoms with van der Waals surface area (Å²) in [5, 5.41) is 0. The second-order valence-corrected chi connectivity index (χ2v) is 7.48. The highest BCUT2D eigenvalue weighted by Crippen LogP contribution is 2.47. The molecule has 1 saturated heterocycles. The summed E-state index contributed by atoms with van der Waals surface area (Å²) in [6.45, 7) is 4.50. The van der Waals surface area contributed by atoms with Crippen LogP contribution in [0.2, 0.25) is 0 Å².